The fraction of sp³-hybridized carbons (Fsp3) is 0.700. The number of aromatic nitrogens is 1. The van der Waals surface area contributed by atoms with Crippen molar-refractivity contribution in [1.29, 1.82) is 0 Å². The van der Waals surface area contributed by atoms with Gasteiger partial charge in [0.1, 0.15) is 5.75 Å². The zero-order valence-corrected chi connectivity index (χ0v) is 22.2. The summed E-state index contributed by atoms with van der Waals surface area (Å²) in [6.07, 6.45) is 19.2. The number of benzene rings is 1. The van der Waals surface area contributed by atoms with Crippen molar-refractivity contribution >= 4 is 10.9 Å². The average Bonchev–Trinajstić information content (AvgIpc) is 2.87. The van der Waals surface area contributed by atoms with Crippen LogP contribution in [0.5, 0.6) is 5.75 Å². The molecule has 1 aromatic heterocycles. The normalized spacial score (nSPS) is 12.5. The van der Waals surface area contributed by atoms with Gasteiger partial charge in [-0.3, -0.25) is 4.98 Å². The molecule has 1 aromatic carbocycles. The fourth-order valence-corrected chi connectivity index (χ4v) is 4.73. The number of unbranched alkanes of at least 4 members (excludes halogenated alkanes) is 10. The van der Waals surface area contributed by atoms with Crippen LogP contribution in [0.25, 0.3) is 10.9 Å². The summed E-state index contributed by atoms with van der Waals surface area (Å²) in [5, 5.41) is 11.8. The van der Waals surface area contributed by atoms with Gasteiger partial charge in [-0.1, -0.05) is 78.1 Å². The largest absolute Gasteiger partial charge is 0.497 e. The van der Waals surface area contributed by atoms with Gasteiger partial charge >= 0.3 is 0 Å². The second kappa shape index (κ2) is 17.7. The Labute approximate surface area is 209 Å². The number of methoxy groups -OCH3 is 1. The van der Waals surface area contributed by atoms with Crippen molar-refractivity contribution in [3.05, 3.63) is 36.0 Å². The summed E-state index contributed by atoms with van der Waals surface area (Å²) in [4.78, 5) is 7.11. The lowest BCUT2D eigenvalue weighted by atomic mass is 9.98. The number of pyridine rings is 1. The summed E-state index contributed by atoms with van der Waals surface area (Å²) in [5.74, 6) is 0.805. The first kappa shape index (κ1) is 28.6. The lowest BCUT2D eigenvalue weighted by Crippen LogP contribution is -2.27. The standard InChI is InChI=1S/C30H50N2O2/c1-4-6-22-32(23-7-5-2)24-16-14-12-10-8-9-11-13-15-17-30(33)27-20-21-31-29-19-18-26(34-3)25-28(27)29/h18-21,25,30,33H,4-17,22-24H2,1-3H3. The maximum absolute atomic E-state index is 10.8. The Bertz CT molecular complexity index is 771. The Morgan fingerprint density at radius 1 is 0.794 bits per heavy atom. The van der Waals surface area contributed by atoms with Gasteiger partial charge in [-0.05, 0) is 75.1 Å². The van der Waals surface area contributed by atoms with Crippen LogP contribution >= 0.6 is 0 Å². The summed E-state index contributed by atoms with van der Waals surface area (Å²) in [6, 6.07) is 7.80. The van der Waals surface area contributed by atoms with E-state index in [1.807, 2.05) is 24.3 Å². The quantitative estimate of drug-likeness (QED) is 0.199. The summed E-state index contributed by atoms with van der Waals surface area (Å²) in [6.45, 7) is 8.45. The molecule has 0 saturated heterocycles. The van der Waals surface area contributed by atoms with Crippen LogP contribution in [0, 0.1) is 0 Å². The van der Waals surface area contributed by atoms with Crippen molar-refractivity contribution in [3.8, 4) is 5.75 Å². The van der Waals surface area contributed by atoms with E-state index in [1.165, 1.54) is 96.7 Å². The molecular formula is C30H50N2O2. The Hall–Kier alpha value is -1.65. The Morgan fingerprint density at radius 3 is 2.00 bits per heavy atom. The van der Waals surface area contributed by atoms with Crippen LogP contribution in [-0.4, -0.2) is 41.7 Å². The molecule has 1 atom stereocenters. The van der Waals surface area contributed by atoms with Gasteiger partial charge in [0, 0.05) is 11.6 Å². The van der Waals surface area contributed by atoms with Gasteiger partial charge < -0.3 is 14.7 Å². The predicted molar refractivity (Wildman–Crippen MR) is 146 cm³/mol. The number of aliphatic hydroxyl groups excluding tert-OH is 1. The fourth-order valence-electron chi connectivity index (χ4n) is 4.73. The predicted octanol–water partition coefficient (Wildman–Crippen LogP) is 8.08. The van der Waals surface area contributed by atoms with Crippen LogP contribution in [0.4, 0.5) is 0 Å². The van der Waals surface area contributed by atoms with Crippen LogP contribution < -0.4 is 4.74 Å². The smallest absolute Gasteiger partial charge is 0.119 e. The molecule has 0 fully saturated rings. The second-order valence-corrected chi connectivity index (χ2v) is 9.82. The molecule has 0 bridgehead atoms. The minimum Gasteiger partial charge on any atom is -0.497 e. The third-order valence-corrected chi connectivity index (χ3v) is 6.95. The third-order valence-electron chi connectivity index (χ3n) is 6.95. The number of ether oxygens (including phenoxy) is 1. The third kappa shape index (κ3) is 10.7. The van der Waals surface area contributed by atoms with E-state index in [9.17, 15) is 5.11 Å². The van der Waals surface area contributed by atoms with Crippen molar-refractivity contribution < 1.29 is 9.84 Å². The van der Waals surface area contributed by atoms with Crippen molar-refractivity contribution in [1.82, 2.24) is 9.88 Å². The summed E-state index contributed by atoms with van der Waals surface area (Å²) < 4.78 is 5.35. The molecule has 0 saturated carbocycles. The molecule has 0 aliphatic rings. The molecule has 0 amide bonds. The lowest BCUT2D eigenvalue weighted by Gasteiger charge is -2.21. The number of fused-ring (bicyclic) bond motifs is 1. The van der Waals surface area contributed by atoms with Gasteiger partial charge in [-0.2, -0.15) is 0 Å². The highest BCUT2D eigenvalue weighted by Gasteiger charge is 2.12. The summed E-state index contributed by atoms with van der Waals surface area (Å²) in [7, 11) is 1.67. The van der Waals surface area contributed by atoms with E-state index in [-0.39, 0.29) is 0 Å². The van der Waals surface area contributed by atoms with Gasteiger partial charge in [-0.15, -0.1) is 0 Å². The maximum Gasteiger partial charge on any atom is 0.119 e. The molecule has 0 spiro atoms. The van der Waals surface area contributed by atoms with E-state index >= 15 is 0 Å². The molecule has 4 heteroatoms. The van der Waals surface area contributed by atoms with Gasteiger partial charge in [0.25, 0.3) is 0 Å². The number of hydrogen-bond acceptors (Lipinski definition) is 4. The van der Waals surface area contributed by atoms with E-state index in [0.29, 0.717) is 0 Å². The van der Waals surface area contributed by atoms with Crippen LogP contribution in [0.15, 0.2) is 30.5 Å². The highest BCUT2D eigenvalue weighted by atomic mass is 16.5. The van der Waals surface area contributed by atoms with E-state index < -0.39 is 6.10 Å². The molecule has 1 unspecified atom stereocenters. The first-order valence-corrected chi connectivity index (χ1v) is 14.0. The van der Waals surface area contributed by atoms with E-state index in [4.69, 9.17) is 4.74 Å². The van der Waals surface area contributed by atoms with E-state index in [2.05, 4.69) is 23.7 Å². The maximum atomic E-state index is 10.8. The molecular weight excluding hydrogens is 420 g/mol. The van der Waals surface area contributed by atoms with E-state index in [0.717, 1.165) is 35.1 Å². The second-order valence-electron chi connectivity index (χ2n) is 9.82. The molecule has 1 heterocycles. The molecule has 34 heavy (non-hydrogen) atoms. The Morgan fingerprint density at radius 2 is 1.38 bits per heavy atom. The van der Waals surface area contributed by atoms with Crippen LogP contribution in [0.1, 0.15) is 115 Å². The molecule has 1 N–H and O–H groups in total. The minimum absolute atomic E-state index is 0.438. The lowest BCUT2D eigenvalue weighted by molar-refractivity contribution is 0.164. The molecule has 2 rings (SSSR count). The van der Waals surface area contributed by atoms with Crippen molar-refractivity contribution in [2.75, 3.05) is 26.7 Å². The molecule has 4 nitrogen and oxygen atoms in total. The van der Waals surface area contributed by atoms with Crippen LogP contribution in [-0.2, 0) is 0 Å². The van der Waals surface area contributed by atoms with Crippen LogP contribution in [0.2, 0.25) is 0 Å². The van der Waals surface area contributed by atoms with Gasteiger partial charge in [0.15, 0.2) is 0 Å². The first-order chi connectivity index (χ1) is 16.7. The molecule has 0 radical (unpaired) electrons. The molecule has 2 aromatic rings. The van der Waals surface area contributed by atoms with Crippen molar-refractivity contribution in [3.63, 3.8) is 0 Å². The van der Waals surface area contributed by atoms with E-state index in [1.54, 1.807) is 13.3 Å². The summed E-state index contributed by atoms with van der Waals surface area (Å²) >= 11 is 0. The van der Waals surface area contributed by atoms with Gasteiger partial charge in [-0.25, -0.2) is 0 Å². The minimum atomic E-state index is -0.438. The van der Waals surface area contributed by atoms with Crippen molar-refractivity contribution in [2.45, 2.75) is 110 Å². The Balaban J connectivity index is 1.53. The number of hydrogen-bond donors (Lipinski definition) is 1. The summed E-state index contributed by atoms with van der Waals surface area (Å²) in [5.41, 5.74) is 1.87. The average molecular weight is 471 g/mol. The van der Waals surface area contributed by atoms with Gasteiger partial charge in [0.05, 0.1) is 18.7 Å². The topological polar surface area (TPSA) is 45.6 Å². The first-order valence-electron chi connectivity index (χ1n) is 14.0. The highest BCUT2D eigenvalue weighted by molar-refractivity contribution is 5.83. The monoisotopic (exact) mass is 470 g/mol. The Kier molecular flexibility index (Phi) is 14.9. The highest BCUT2D eigenvalue weighted by Crippen LogP contribution is 2.29. The SMILES string of the molecule is CCCCN(CCCC)CCCCCCCCCCCC(O)c1ccnc2ccc(OC)cc12. The van der Waals surface area contributed by atoms with Crippen molar-refractivity contribution in [2.24, 2.45) is 0 Å². The molecule has 192 valence electrons. The zero-order chi connectivity index (χ0) is 24.4. The molecule has 0 aliphatic carbocycles. The van der Waals surface area contributed by atoms with Gasteiger partial charge in [0.2, 0.25) is 0 Å². The number of rotatable bonds is 20. The number of nitrogens with zero attached hydrogens (tertiary/aromatic N) is 2. The van der Waals surface area contributed by atoms with Crippen LogP contribution in [0.3, 0.4) is 0 Å². The zero-order valence-electron chi connectivity index (χ0n) is 22.2. The molecule has 0 aliphatic heterocycles. The number of aliphatic hydroxyl groups is 1.